The number of aryl methyl sites for hydroxylation is 1. The summed E-state index contributed by atoms with van der Waals surface area (Å²) in [5.41, 5.74) is 4.89. The maximum atomic E-state index is 12.0. The van der Waals surface area contributed by atoms with Gasteiger partial charge in [0.2, 0.25) is 0 Å². The summed E-state index contributed by atoms with van der Waals surface area (Å²) in [7, 11) is 0. The van der Waals surface area contributed by atoms with E-state index in [9.17, 15) is 19.7 Å². The van der Waals surface area contributed by atoms with Crippen LogP contribution in [0.4, 0.5) is 5.69 Å². The molecule has 0 saturated heterocycles. The van der Waals surface area contributed by atoms with Gasteiger partial charge < -0.3 is 4.74 Å². The number of nitro benzene ring substituents is 1. The molecule has 0 fully saturated rings. The van der Waals surface area contributed by atoms with Gasteiger partial charge in [0.05, 0.1) is 4.92 Å². The standard InChI is InChI=1S/C17H17N3O5/c1-11-7-9-13(10-8-11)25-12(2)16(21)18-19-17(22)14-5-3-4-6-15(14)20(23)24/h3-10,12H,1-2H3,(H,18,21)(H,19,22). The molecular weight excluding hydrogens is 326 g/mol. The molecule has 0 bridgehead atoms. The largest absolute Gasteiger partial charge is 0.481 e. The quantitative estimate of drug-likeness (QED) is 0.638. The Morgan fingerprint density at radius 1 is 1.08 bits per heavy atom. The van der Waals surface area contributed by atoms with E-state index in [2.05, 4.69) is 10.9 Å². The summed E-state index contributed by atoms with van der Waals surface area (Å²) >= 11 is 0. The number of nitro groups is 1. The van der Waals surface area contributed by atoms with Gasteiger partial charge >= 0.3 is 0 Å². The highest BCUT2D eigenvalue weighted by molar-refractivity contribution is 5.99. The molecule has 0 aliphatic rings. The van der Waals surface area contributed by atoms with Crippen LogP contribution in [0, 0.1) is 17.0 Å². The number of carbonyl (C=O) groups excluding carboxylic acids is 2. The van der Waals surface area contributed by atoms with Gasteiger partial charge in [-0.25, -0.2) is 0 Å². The highest BCUT2D eigenvalue weighted by Gasteiger charge is 2.21. The van der Waals surface area contributed by atoms with Crippen LogP contribution in [-0.4, -0.2) is 22.8 Å². The SMILES string of the molecule is Cc1ccc(OC(C)C(=O)NNC(=O)c2ccccc2[N+](=O)[O-])cc1. The van der Waals surface area contributed by atoms with E-state index in [-0.39, 0.29) is 11.3 Å². The molecule has 2 N–H and O–H groups in total. The molecule has 2 rings (SSSR count). The Bertz CT molecular complexity index is 789. The number of amides is 2. The van der Waals surface area contributed by atoms with Crippen molar-refractivity contribution in [3.63, 3.8) is 0 Å². The Hall–Kier alpha value is -3.42. The van der Waals surface area contributed by atoms with Gasteiger partial charge in [-0.05, 0) is 32.0 Å². The van der Waals surface area contributed by atoms with E-state index in [1.807, 2.05) is 19.1 Å². The maximum Gasteiger partial charge on any atom is 0.282 e. The van der Waals surface area contributed by atoms with E-state index in [1.165, 1.54) is 31.2 Å². The Kier molecular flexibility index (Phi) is 5.67. The van der Waals surface area contributed by atoms with Gasteiger partial charge in [-0.15, -0.1) is 0 Å². The lowest BCUT2D eigenvalue weighted by molar-refractivity contribution is -0.385. The lowest BCUT2D eigenvalue weighted by Gasteiger charge is -2.15. The van der Waals surface area contributed by atoms with Crippen LogP contribution in [0.3, 0.4) is 0 Å². The summed E-state index contributed by atoms with van der Waals surface area (Å²) in [6.45, 7) is 3.45. The van der Waals surface area contributed by atoms with E-state index in [1.54, 1.807) is 12.1 Å². The second-order valence-electron chi connectivity index (χ2n) is 5.29. The first-order valence-electron chi connectivity index (χ1n) is 7.45. The summed E-state index contributed by atoms with van der Waals surface area (Å²) < 4.78 is 5.46. The number of ether oxygens (including phenoxy) is 1. The average molecular weight is 343 g/mol. The molecule has 130 valence electrons. The van der Waals surface area contributed by atoms with Crippen LogP contribution < -0.4 is 15.6 Å². The van der Waals surface area contributed by atoms with Gasteiger partial charge in [0.25, 0.3) is 17.5 Å². The van der Waals surface area contributed by atoms with Crippen molar-refractivity contribution >= 4 is 17.5 Å². The van der Waals surface area contributed by atoms with Gasteiger partial charge in [-0.1, -0.05) is 29.8 Å². The van der Waals surface area contributed by atoms with Crippen molar-refractivity contribution < 1.29 is 19.2 Å². The van der Waals surface area contributed by atoms with Crippen LogP contribution >= 0.6 is 0 Å². The number of nitrogens with zero attached hydrogens (tertiary/aromatic N) is 1. The smallest absolute Gasteiger partial charge is 0.282 e. The van der Waals surface area contributed by atoms with E-state index in [0.717, 1.165) is 5.56 Å². The zero-order valence-electron chi connectivity index (χ0n) is 13.7. The molecule has 1 atom stereocenters. The zero-order valence-corrected chi connectivity index (χ0v) is 13.7. The minimum absolute atomic E-state index is 0.153. The topological polar surface area (TPSA) is 111 Å². The fraction of sp³-hybridized carbons (Fsp3) is 0.176. The number of nitrogens with one attached hydrogen (secondary N) is 2. The average Bonchev–Trinajstić information content (AvgIpc) is 2.61. The molecule has 8 nitrogen and oxygen atoms in total. The fourth-order valence-electron chi connectivity index (χ4n) is 1.99. The molecule has 0 aromatic heterocycles. The number of hydrogen-bond acceptors (Lipinski definition) is 5. The van der Waals surface area contributed by atoms with Crippen LogP contribution in [-0.2, 0) is 4.79 Å². The minimum Gasteiger partial charge on any atom is -0.481 e. The monoisotopic (exact) mass is 343 g/mol. The number of rotatable bonds is 5. The number of carbonyl (C=O) groups is 2. The van der Waals surface area contributed by atoms with Crippen molar-refractivity contribution in [1.82, 2.24) is 10.9 Å². The molecule has 2 aromatic rings. The highest BCUT2D eigenvalue weighted by atomic mass is 16.6. The van der Waals surface area contributed by atoms with E-state index in [0.29, 0.717) is 5.75 Å². The number of benzene rings is 2. The molecular formula is C17H17N3O5. The number of hydrazine groups is 1. The molecule has 0 aliphatic heterocycles. The van der Waals surface area contributed by atoms with E-state index in [4.69, 9.17) is 4.74 Å². The molecule has 0 aliphatic carbocycles. The highest BCUT2D eigenvalue weighted by Crippen LogP contribution is 2.17. The minimum atomic E-state index is -0.867. The molecule has 8 heteroatoms. The fourth-order valence-corrected chi connectivity index (χ4v) is 1.99. The number of para-hydroxylation sites is 1. The summed E-state index contributed by atoms with van der Waals surface area (Å²) in [4.78, 5) is 34.3. The van der Waals surface area contributed by atoms with E-state index >= 15 is 0 Å². The number of hydrogen-bond donors (Lipinski definition) is 2. The third-order valence-corrected chi connectivity index (χ3v) is 3.35. The Morgan fingerprint density at radius 2 is 1.72 bits per heavy atom. The molecule has 1 unspecified atom stereocenters. The molecule has 2 amide bonds. The lowest BCUT2D eigenvalue weighted by atomic mass is 10.2. The maximum absolute atomic E-state index is 12.0. The molecule has 25 heavy (non-hydrogen) atoms. The van der Waals surface area contributed by atoms with Crippen molar-refractivity contribution in [2.45, 2.75) is 20.0 Å². The van der Waals surface area contributed by atoms with Crippen molar-refractivity contribution in [2.24, 2.45) is 0 Å². The zero-order chi connectivity index (χ0) is 18.4. The molecule has 0 spiro atoms. The van der Waals surface area contributed by atoms with Crippen LogP contribution in [0.2, 0.25) is 0 Å². The lowest BCUT2D eigenvalue weighted by Crippen LogP contribution is -2.47. The normalized spacial score (nSPS) is 11.3. The summed E-state index contributed by atoms with van der Waals surface area (Å²) in [5.74, 6) is -0.867. The van der Waals surface area contributed by atoms with Gasteiger partial charge in [0.1, 0.15) is 11.3 Å². The Labute approximate surface area is 143 Å². The third kappa shape index (κ3) is 4.77. The van der Waals surface area contributed by atoms with Gasteiger partial charge in [0, 0.05) is 6.07 Å². The predicted octanol–water partition coefficient (Wildman–Crippen LogP) is 2.13. The second kappa shape index (κ2) is 7.91. The van der Waals surface area contributed by atoms with Crippen LogP contribution in [0.25, 0.3) is 0 Å². The van der Waals surface area contributed by atoms with Gasteiger partial charge in [0.15, 0.2) is 6.10 Å². The van der Waals surface area contributed by atoms with Crippen molar-refractivity contribution in [3.8, 4) is 5.75 Å². The second-order valence-corrected chi connectivity index (χ2v) is 5.29. The van der Waals surface area contributed by atoms with Crippen molar-refractivity contribution in [2.75, 3.05) is 0 Å². The third-order valence-electron chi connectivity index (χ3n) is 3.35. The Morgan fingerprint density at radius 3 is 2.36 bits per heavy atom. The first kappa shape index (κ1) is 17.9. The van der Waals surface area contributed by atoms with Crippen molar-refractivity contribution in [1.29, 1.82) is 0 Å². The Balaban J connectivity index is 1.94. The molecule has 0 radical (unpaired) electrons. The van der Waals surface area contributed by atoms with Gasteiger partial charge in [-0.3, -0.25) is 30.6 Å². The molecule has 0 saturated carbocycles. The van der Waals surface area contributed by atoms with Crippen LogP contribution in [0.1, 0.15) is 22.8 Å². The van der Waals surface area contributed by atoms with Crippen LogP contribution in [0.5, 0.6) is 5.75 Å². The van der Waals surface area contributed by atoms with Crippen LogP contribution in [0.15, 0.2) is 48.5 Å². The first-order chi connectivity index (χ1) is 11.9. The first-order valence-corrected chi connectivity index (χ1v) is 7.45. The molecule has 0 heterocycles. The van der Waals surface area contributed by atoms with Gasteiger partial charge in [-0.2, -0.15) is 0 Å². The molecule has 2 aromatic carbocycles. The van der Waals surface area contributed by atoms with Crippen molar-refractivity contribution in [3.05, 3.63) is 69.8 Å². The van der Waals surface area contributed by atoms with E-state index < -0.39 is 22.8 Å². The summed E-state index contributed by atoms with van der Waals surface area (Å²) in [5, 5.41) is 10.9. The summed E-state index contributed by atoms with van der Waals surface area (Å²) in [6, 6.07) is 12.6. The predicted molar refractivity (Wildman–Crippen MR) is 90.0 cm³/mol. The summed E-state index contributed by atoms with van der Waals surface area (Å²) in [6.07, 6.45) is -0.867.